The molecule has 0 spiro atoms. The van der Waals surface area contributed by atoms with Crippen molar-refractivity contribution < 1.29 is 14.7 Å². The predicted octanol–water partition coefficient (Wildman–Crippen LogP) is -0.940. The lowest BCUT2D eigenvalue weighted by Gasteiger charge is -2.31. The molecule has 0 aromatic rings. The fraction of sp³-hybridized carbons (Fsp3) is 0.778. The molecule has 80 valence electrons. The molecule has 0 unspecified atom stereocenters. The summed E-state index contributed by atoms with van der Waals surface area (Å²) in [6, 6.07) is 0. The Morgan fingerprint density at radius 2 is 2.21 bits per heavy atom. The van der Waals surface area contributed by atoms with Gasteiger partial charge in [-0.15, -0.1) is 0 Å². The summed E-state index contributed by atoms with van der Waals surface area (Å²) in [5.41, 5.74) is 0. The Morgan fingerprint density at radius 1 is 1.50 bits per heavy atom. The first-order valence-electron chi connectivity index (χ1n) is 4.77. The van der Waals surface area contributed by atoms with Crippen molar-refractivity contribution in [3.63, 3.8) is 0 Å². The highest BCUT2D eigenvalue weighted by atomic mass is 16.3. The Labute approximate surface area is 83.3 Å². The van der Waals surface area contributed by atoms with Gasteiger partial charge in [0.15, 0.2) is 0 Å². The van der Waals surface area contributed by atoms with Crippen LogP contribution in [0.3, 0.4) is 0 Å². The lowest BCUT2D eigenvalue weighted by molar-refractivity contribution is -0.144. The standard InChI is InChI=1S/C9H16N2O3/c1-10-4-5-11(7-9(10)14)8(13)3-2-6-12/h12H,2-7H2,1H3. The monoisotopic (exact) mass is 200 g/mol. The summed E-state index contributed by atoms with van der Waals surface area (Å²) in [4.78, 5) is 25.9. The number of carbonyl (C=O) groups excluding carboxylic acids is 2. The van der Waals surface area contributed by atoms with Crippen LogP contribution in [0.5, 0.6) is 0 Å². The zero-order chi connectivity index (χ0) is 10.6. The highest BCUT2D eigenvalue weighted by Gasteiger charge is 2.23. The molecule has 5 nitrogen and oxygen atoms in total. The van der Waals surface area contributed by atoms with E-state index in [9.17, 15) is 9.59 Å². The second-order valence-corrected chi connectivity index (χ2v) is 3.46. The third-order valence-corrected chi connectivity index (χ3v) is 2.36. The van der Waals surface area contributed by atoms with Crippen LogP contribution in [-0.2, 0) is 9.59 Å². The normalized spacial score (nSPS) is 17.4. The summed E-state index contributed by atoms with van der Waals surface area (Å²) in [5, 5.41) is 8.56. The Morgan fingerprint density at radius 3 is 2.79 bits per heavy atom. The van der Waals surface area contributed by atoms with Crippen LogP contribution in [-0.4, -0.2) is 60.0 Å². The molecule has 0 aromatic heterocycles. The maximum atomic E-state index is 11.5. The molecule has 1 fully saturated rings. The van der Waals surface area contributed by atoms with Crippen LogP contribution >= 0.6 is 0 Å². The van der Waals surface area contributed by atoms with Gasteiger partial charge in [0.25, 0.3) is 0 Å². The molecule has 1 aliphatic heterocycles. The number of rotatable bonds is 3. The van der Waals surface area contributed by atoms with Crippen LogP contribution < -0.4 is 0 Å². The highest BCUT2D eigenvalue weighted by molar-refractivity contribution is 5.85. The van der Waals surface area contributed by atoms with Crippen molar-refractivity contribution in [2.45, 2.75) is 12.8 Å². The summed E-state index contributed by atoms with van der Waals surface area (Å²) in [5.74, 6) is -0.0610. The molecule has 2 amide bonds. The molecule has 0 atom stereocenters. The number of aliphatic hydroxyl groups excluding tert-OH is 1. The van der Waals surface area contributed by atoms with E-state index in [1.54, 1.807) is 16.8 Å². The zero-order valence-corrected chi connectivity index (χ0v) is 8.40. The third kappa shape index (κ3) is 2.70. The number of carbonyl (C=O) groups is 2. The van der Waals surface area contributed by atoms with Crippen LogP contribution in [0.1, 0.15) is 12.8 Å². The zero-order valence-electron chi connectivity index (χ0n) is 8.40. The van der Waals surface area contributed by atoms with Gasteiger partial charge in [0.05, 0.1) is 6.54 Å². The van der Waals surface area contributed by atoms with E-state index in [4.69, 9.17) is 5.11 Å². The molecule has 0 bridgehead atoms. The first-order valence-corrected chi connectivity index (χ1v) is 4.77. The molecule has 0 saturated carbocycles. The van der Waals surface area contributed by atoms with Gasteiger partial charge in [-0.05, 0) is 6.42 Å². The number of nitrogens with zero attached hydrogens (tertiary/aromatic N) is 2. The molecule has 0 aliphatic carbocycles. The van der Waals surface area contributed by atoms with E-state index < -0.39 is 0 Å². The number of likely N-dealkylation sites (N-methyl/N-ethyl adjacent to an activating group) is 1. The van der Waals surface area contributed by atoms with Crippen LogP contribution in [0.25, 0.3) is 0 Å². The third-order valence-electron chi connectivity index (χ3n) is 2.36. The van der Waals surface area contributed by atoms with E-state index in [2.05, 4.69) is 0 Å². The molecule has 1 heterocycles. The summed E-state index contributed by atoms with van der Waals surface area (Å²) in [6.07, 6.45) is 0.798. The van der Waals surface area contributed by atoms with E-state index in [-0.39, 0.29) is 25.0 Å². The average Bonchev–Trinajstić information content (AvgIpc) is 2.18. The molecule has 1 aliphatic rings. The molecular formula is C9H16N2O3. The van der Waals surface area contributed by atoms with Gasteiger partial charge in [-0.2, -0.15) is 0 Å². The van der Waals surface area contributed by atoms with Crippen molar-refractivity contribution in [2.75, 3.05) is 33.3 Å². The quantitative estimate of drug-likeness (QED) is 0.639. The maximum Gasteiger partial charge on any atom is 0.241 e. The summed E-state index contributed by atoms with van der Waals surface area (Å²) in [6.45, 7) is 1.41. The molecule has 1 rings (SSSR count). The van der Waals surface area contributed by atoms with Crippen molar-refractivity contribution in [3.05, 3.63) is 0 Å². The minimum Gasteiger partial charge on any atom is -0.396 e. The average molecular weight is 200 g/mol. The number of hydrogen-bond acceptors (Lipinski definition) is 3. The van der Waals surface area contributed by atoms with Crippen molar-refractivity contribution in [1.29, 1.82) is 0 Å². The van der Waals surface area contributed by atoms with Gasteiger partial charge in [0.1, 0.15) is 0 Å². The SMILES string of the molecule is CN1CCN(C(=O)CCCO)CC1=O. The molecule has 14 heavy (non-hydrogen) atoms. The number of amides is 2. The molecular weight excluding hydrogens is 184 g/mol. The first kappa shape index (κ1) is 11.0. The number of hydrogen-bond donors (Lipinski definition) is 1. The van der Waals surface area contributed by atoms with Gasteiger partial charge in [-0.3, -0.25) is 9.59 Å². The van der Waals surface area contributed by atoms with Crippen molar-refractivity contribution in [2.24, 2.45) is 0 Å². The van der Waals surface area contributed by atoms with E-state index in [0.717, 1.165) is 0 Å². The molecule has 5 heteroatoms. The topological polar surface area (TPSA) is 60.9 Å². The second kappa shape index (κ2) is 4.95. The van der Waals surface area contributed by atoms with E-state index in [1.807, 2.05) is 0 Å². The predicted molar refractivity (Wildman–Crippen MR) is 50.5 cm³/mol. The van der Waals surface area contributed by atoms with E-state index >= 15 is 0 Å². The van der Waals surface area contributed by atoms with Crippen molar-refractivity contribution in [1.82, 2.24) is 9.80 Å². The minimum atomic E-state index is -0.0412. The van der Waals surface area contributed by atoms with Gasteiger partial charge in [-0.25, -0.2) is 0 Å². The maximum absolute atomic E-state index is 11.5. The summed E-state index contributed by atoms with van der Waals surface area (Å²) < 4.78 is 0. The molecule has 0 aromatic carbocycles. The molecule has 1 N–H and O–H groups in total. The lowest BCUT2D eigenvalue weighted by atomic mass is 10.2. The number of piperazine rings is 1. The lowest BCUT2D eigenvalue weighted by Crippen LogP contribution is -2.50. The van der Waals surface area contributed by atoms with Crippen LogP contribution in [0.4, 0.5) is 0 Å². The number of aliphatic hydroxyl groups is 1. The fourth-order valence-electron chi connectivity index (χ4n) is 1.36. The fourth-order valence-corrected chi connectivity index (χ4v) is 1.36. The van der Waals surface area contributed by atoms with Gasteiger partial charge in [-0.1, -0.05) is 0 Å². The second-order valence-electron chi connectivity index (χ2n) is 3.46. The Bertz CT molecular complexity index is 230. The molecule has 0 radical (unpaired) electrons. The van der Waals surface area contributed by atoms with Crippen molar-refractivity contribution >= 4 is 11.8 Å². The Balaban J connectivity index is 2.38. The largest absolute Gasteiger partial charge is 0.396 e. The minimum absolute atomic E-state index is 0.0198. The van der Waals surface area contributed by atoms with Gasteiger partial charge in [0.2, 0.25) is 11.8 Å². The van der Waals surface area contributed by atoms with E-state index in [1.165, 1.54) is 0 Å². The van der Waals surface area contributed by atoms with Crippen LogP contribution in [0, 0.1) is 0 Å². The van der Waals surface area contributed by atoms with Gasteiger partial charge >= 0.3 is 0 Å². The van der Waals surface area contributed by atoms with Gasteiger partial charge in [0, 0.05) is 33.2 Å². The summed E-state index contributed by atoms with van der Waals surface area (Å²) in [7, 11) is 1.73. The van der Waals surface area contributed by atoms with Gasteiger partial charge < -0.3 is 14.9 Å². The van der Waals surface area contributed by atoms with E-state index in [0.29, 0.717) is 25.9 Å². The smallest absolute Gasteiger partial charge is 0.241 e. The summed E-state index contributed by atoms with van der Waals surface area (Å²) >= 11 is 0. The van der Waals surface area contributed by atoms with Crippen molar-refractivity contribution in [3.8, 4) is 0 Å². The molecule has 1 saturated heterocycles. The Kier molecular flexibility index (Phi) is 3.88. The Hall–Kier alpha value is -1.10. The van der Waals surface area contributed by atoms with Crippen LogP contribution in [0.2, 0.25) is 0 Å². The first-order chi connectivity index (χ1) is 6.65. The highest BCUT2D eigenvalue weighted by Crippen LogP contribution is 2.04. The van der Waals surface area contributed by atoms with Crippen LogP contribution in [0.15, 0.2) is 0 Å².